The Morgan fingerprint density at radius 3 is 1.12 bits per heavy atom. The SMILES string of the molecule is CC/C=C\C/C=C\C/C=C\C/C=C\CCCCC(=O)OC(COC(=O)CCCCCCCCCC)COC(=O)CCCCCCCCC/C=C\C/C=C\CCCCC. The third-order valence-electron chi connectivity index (χ3n) is 9.95. The third-order valence-corrected chi connectivity index (χ3v) is 9.95. The van der Waals surface area contributed by atoms with Crippen LogP contribution in [0.15, 0.2) is 72.9 Å². The minimum atomic E-state index is -0.796. The highest BCUT2D eigenvalue weighted by Crippen LogP contribution is 2.13. The summed E-state index contributed by atoms with van der Waals surface area (Å²) in [5.41, 5.74) is 0. The van der Waals surface area contributed by atoms with E-state index in [-0.39, 0.29) is 37.5 Å². The maximum Gasteiger partial charge on any atom is 0.306 e. The van der Waals surface area contributed by atoms with E-state index in [4.69, 9.17) is 14.2 Å². The fourth-order valence-electron chi connectivity index (χ4n) is 6.34. The number of carbonyl (C=O) groups is 3. The zero-order valence-electron chi connectivity index (χ0n) is 37.8. The molecular formula is C52H88O6. The predicted octanol–water partition coefficient (Wildman–Crippen LogP) is 15.5. The smallest absolute Gasteiger partial charge is 0.306 e. The molecule has 0 aliphatic heterocycles. The van der Waals surface area contributed by atoms with Gasteiger partial charge in [0.2, 0.25) is 0 Å². The van der Waals surface area contributed by atoms with Gasteiger partial charge in [-0.1, -0.05) is 184 Å². The van der Waals surface area contributed by atoms with Crippen molar-refractivity contribution in [1.82, 2.24) is 0 Å². The molecule has 6 nitrogen and oxygen atoms in total. The van der Waals surface area contributed by atoms with E-state index in [0.717, 1.165) is 89.9 Å². The summed E-state index contributed by atoms with van der Waals surface area (Å²) in [7, 11) is 0. The largest absolute Gasteiger partial charge is 0.462 e. The van der Waals surface area contributed by atoms with Crippen LogP contribution in [-0.2, 0) is 28.6 Å². The van der Waals surface area contributed by atoms with Gasteiger partial charge in [0, 0.05) is 19.3 Å². The van der Waals surface area contributed by atoms with Crippen LogP contribution in [0.4, 0.5) is 0 Å². The molecular weight excluding hydrogens is 721 g/mol. The van der Waals surface area contributed by atoms with Gasteiger partial charge in [-0.15, -0.1) is 0 Å². The Morgan fingerprint density at radius 2 is 0.672 bits per heavy atom. The molecule has 0 aromatic heterocycles. The van der Waals surface area contributed by atoms with E-state index >= 15 is 0 Å². The first-order chi connectivity index (χ1) is 28.5. The average molecular weight is 809 g/mol. The highest BCUT2D eigenvalue weighted by molar-refractivity contribution is 5.71. The summed E-state index contributed by atoms with van der Waals surface area (Å²) in [4.78, 5) is 37.7. The molecule has 1 unspecified atom stereocenters. The molecule has 0 bridgehead atoms. The van der Waals surface area contributed by atoms with Crippen molar-refractivity contribution in [2.45, 2.75) is 226 Å². The first kappa shape index (κ1) is 54.9. The van der Waals surface area contributed by atoms with Crippen molar-refractivity contribution in [2.24, 2.45) is 0 Å². The van der Waals surface area contributed by atoms with Gasteiger partial charge in [-0.05, 0) is 89.9 Å². The maximum atomic E-state index is 12.7. The third kappa shape index (κ3) is 44.0. The van der Waals surface area contributed by atoms with Gasteiger partial charge in [0.15, 0.2) is 6.10 Å². The van der Waals surface area contributed by atoms with Crippen LogP contribution >= 0.6 is 0 Å². The highest BCUT2D eigenvalue weighted by atomic mass is 16.6. The molecule has 0 N–H and O–H groups in total. The molecule has 0 spiro atoms. The molecule has 0 aliphatic carbocycles. The second-order valence-electron chi connectivity index (χ2n) is 15.6. The molecule has 0 aliphatic rings. The van der Waals surface area contributed by atoms with Crippen LogP contribution in [0.5, 0.6) is 0 Å². The van der Waals surface area contributed by atoms with E-state index in [1.165, 1.54) is 83.5 Å². The quantitative estimate of drug-likeness (QED) is 0.0264. The lowest BCUT2D eigenvalue weighted by Gasteiger charge is -2.18. The minimum Gasteiger partial charge on any atom is -0.462 e. The van der Waals surface area contributed by atoms with Gasteiger partial charge in [-0.3, -0.25) is 14.4 Å². The maximum absolute atomic E-state index is 12.7. The van der Waals surface area contributed by atoms with E-state index in [9.17, 15) is 14.4 Å². The lowest BCUT2D eigenvalue weighted by atomic mass is 10.1. The molecule has 1 atom stereocenters. The van der Waals surface area contributed by atoms with Crippen molar-refractivity contribution < 1.29 is 28.6 Å². The Balaban J connectivity index is 4.40. The van der Waals surface area contributed by atoms with E-state index in [0.29, 0.717) is 19.3 Å². The molecule has 0 saturated heterocycles. The molecule has 0 amide bonds. The molecule has 0 saturated carbocycles. The Labute approximate surface area is 357 Å². The molecule has 0 fully saturated rings. The van der Waals surface area contributed by atoms with Crippen LogP contribution in [-0.4, -0.2) is 37.2 Å². The number of unbranched alkanes of at least 4 members (excludes halogenated alkanes) is 19. The number of ether oxygens (including phenoxy) is 3. The number of allylic oxidation sites excluding steroid dienone is 12. The van der Waals surface area contributed by atoms with Crippen LogP contribution < -0.4 is 0 Å². The molecule has 0 heterocycles. The normalized spacial score (nSPS) is 12.7. The number of hydrogen-bond donors (Lipinski definition) is 0. The second kappa shape index (κ2) is 46.5. The van der Waals surface area contributed by atoms with Crippen molar-refractivity contribution in [1.29, 1.82) is 0 Å². The molecule has 0 rings (SSSR count). The Morgan fingerprint density at radius 1 is 0.362 bits per heavy atom. The second-order valence-corrected chi connectivity index (χ2v) is 15.6. The fourth-order valence-corrected chi connectivity index (χ4v) is 6.34. The van der Waals surface area contributed by atoms with Crippen molar-refractivity contribution in [3.8, 4) is 0 Å². The van der Waals surface area contributed by atoms with Gasteiger partial charge in [0.1, 0.15) is 13.2 Å². The van der Waals surface area contributed by atoms with Gasteiger partial charge in [-0.2, -0.15) is 0 Å². The van der Waals surface area contributed by atoms with Crippen molar-refractivity contribution >= 4 is 17.9 Å². The number of carbonyl (C=O) groups excluding carboxylic acids is 3. The molecule has 58 heavy (non-hydrogen) atoms. The van der Waals surface area contributed by atoms with Gasteiger partial charge in [0.25, 0.3) is 0 Å². The molecule has 0 aromatic rings. The van der Waals surface area contributed by atoms with Crippen LogP contribution in [0, 0.1) is 0 Å². The summed E-state index contributed by atoms with van der Waals surface area (Å²) < 4.78 is 16.7. The number of esters is 3. The van der Waals surface area contributed by atoms with Crippen molar-refractivity contribution in [3.63, 3.8) is 0 Å². The van der Waals surface area contributed by atoms with Crippen LogP contribution in [0.25, 0.3) is 0 Å². The lowest BCUT2D eigenvalue weighted by molar-refractivity contribution is -0.167. The minimum absolute atomic E-state index is 0.0945. The van der Waals surface area contributed by atoms with E-state index in [1.807, 2.05) is 0 Å². The summed E-state index contributed by atoms with van der Waals surface area (Å²) in [6, 6.07) is 0. The van der Waals surface area contributed by atoms with Crippen LogP contribution in [0.2, 0.25) is 0 Å². The van der Waals surface area contributed by atoms with Gasteiger partial charge in [0.05, 0.1) is 0 Å². The lowest BCUT2D eigenvalue weighted by Crippen LogP contribution is -2.30. The number of rotatable bonds is 42. The van der Waals surface area contributed by atoms with Crippen molar-refractivity contribution in [3.05, 3.63) is 72.9 Å². The van der Waals surface area contributed by atoms with Gasteiger partial charge < -0.3 is 14.2 Å². The summed E-state index contributed by atoms with van der Waals surface area (Å²) in [6.45, 7) is 6.41. The Kier molecular flexibility index (Phi) is 44.0. The number of hydrogen-bond acceptors (Lipinski definition) is 6. The summed E-state index contributed by atoms with van der Waals surface area (Å²) >= 11 is 0. The van der Waals surface area contributed by atoms with E-state index < -0.39 is 6.10 Å². The first-order valence-corrected chi connectivity index (χ1v) is 23.9. The molecule has 6 heteroatoms. The molecule has 0 aromatic carbocycles. The Hall–Kier alpha value is -3.15. The van der Waals surface area contributed by atoms with E-state index in [2.05, 4.69) is 93.7 Å². The molecule has 332 valence electrons. The van der Waals surface area contributed by atoms with E-state index in [1.54, 1.807) is 0 Å². The standard InChI is InChI=1S/C52H88O6/c1-4-7-10-13-16-19-21-23-25-26-28-29-31-33-36-39-42-45-51(54)57-48-49(47-56-50(53)44-41-38-35-18-15-12-9-6-3)58-52(55)46-43-40-37-34-32-30-27-24-22-20-17-14-11-8-5-2/h8,11,16-17,19-20,23-25,27,32,34,49H,4-7,9-10,12-15,18,21-22,26,28-31,33,35-48H2,1-3H3/b11-8-,19-16-,20-17-,25-23-,27-24-,34-32-. The summed E-state index contributed by atoms with van der Waals surface area (Å²) in [5.74, 6) is -0.952. The zero-order chi connectivity index (χ0) is 42.3. The highest BCUT2D eigenvalue weighted by Gasteiger charge is 2.19. The predicted molar refractivity (Wildman–Crippen MR) is 247 cm³/mol. The zero-order valence-corrected chi connectivity index (χ0v) is 37.8. The first-order valence-electron chi connectivity index (χ1n) is 23.9. The fraction of sp³-hybridized carbons (Fsp3) is 0.712. The summed E-state index contributed by atoms with van der Waals surface area (Å²) in [5, 5.41) is 0. The molecule has 0 radical (unpaired) electrons. The topological polar surface area (TPSA) is 78.9 Å². The Bertz CT molecular complexity index is 1110. The van der Waals surface area contributed by atoms with Gasteiger partial charge >= 0.3 is 17.9 Å². The van der Waals surface area contributed by atoms with Crippen LogP contribution in [0.3, 0.4) is 0 Å². The van der Waals surface area contributed by atoms with Gasteiger partial charge in [-0.25, -0.2) is 0 Å². The average Bonchev–Trinajstić information content (AvgIpc) is 3.22. The van der Waals surface area contributed by atoms with Crippen molar-refractivity contribution in [2.75, 3.05) is 13.2 Å². The van der Waals surface area contributed by atoms with Crippen LogP contribution in [0.1, 0.15) is 220 Å². The summed E-state index contributed by atoms with van der Waals surface area (Å²) in [6.07, 6.45) is 57.5. The monoisotopic (exact) mass is 809 g/mol.